The summed E-state index contributed by atoms with van der Waals surface area (Å²) in [6.07, 6.45) is 0.819. The van der Waals surface area contributed by atoms with Crippen molar-refractivity contribution in [2.24, 2.45) is 0 Å². The van der Waals surface area contributed by atoms with Crippen molar-refractivity contribution in [2.45, 2.75) is 46.7 Å². The second kappa shape index (κ2) is 11.2. The van der Waals surface area contributed by atoms with Crippen molar-refractivity contribution in [1.29, 1.82) is 0 Å². The maximum Gasteiger partial charge on any atom is 0.261 e. The summed E-state index contributed by atoms with van der Waals surface area (Å²) in [5, 5.41) is 4.10. The molecule has 5 nitrogen and oxygen atoms in total. The van der Waals surface area contributed by atoms with Gasteiger partial charge in [0, 0.05) is 23.1 Å². The van der Waals surface area contributed by atoms with E-state index in [0.717, 1.165) is 23.1 Å². The van der Waals surface area contributed by atoms with E-state index in [0.29, 0.717) is 22.3 Å². The molecule has 30 heavy (non-hydrogen) atoms. The van der Waals surface area contributed by atoms with Crippen molar-refractivity contribution >= 4 is 35.0 Å². The van der Waals surface area contributed by atoms with Gasteiger partial charge in [-0.2, -0.15) is 0 Å². The molecule has 7 heteroatoms. The Kier molecular flexibility index (Phi) is 9.00. The van der Waals surface area contributed by atoms with Crippen molar-refractivity contribution in [3.63, 3.8) is 0 Å². The minimum Gasteiger partial charge on any atom is -0.484 e. The average molecular weight is 451 g/mol. The number of benzene rings is 2. The standard InChI is InChI=1S/C23H28Cl2N2O3/c1-5-9-26-23(29)17(4)27(13-18-7-6-8-19(24)12-18)21(28)14-30-20-10-15(2)22(25)16(3)11-20/h6-8,10-12,17H,5,9,13-14H2,1-4H3,(H,26,29)/t17-/m0/s1. The molecule has 0 aromatic heterocycles. The van der Waals surface area contributed by atoms with E-state index >= 15 is 0 Å². The molecule has 0 saturated carbocycles. The Bertz CT molecular complexity index is 879. The van der Waals surface area contributed by atoms with Crippen LogP contribution in [0.25, 0.3) is 0 Å². The van der Waals surface area contributed by atoms with E-state index in [1.54, 1.807) is 31.2 Å². The normalized spacial score (nSPS) is 11.7. The van der Waals surface area contributed by atoms with Gasteiger partial charge in [-0.25, -0.2) is 0 Å². The minimum absolute atomic E-state index is 0.188. The second-order valence-electron chi connectivity index (χ2n) is 7.28. The highest BCUT2D eigenvalue weighted by atomic mass is 35.5. The number of carbonyl (C=O) groups is 2. The molecule has 2 aromatic rings. The largest absolute Gasteiger partial charge is 0.484 e. The molecule has 0 radical (unpaired) electrons. The van der Waals surface area contributed by atoms with Gasteiger partial charge in [-0.15, -0.1) is 0 Å². The Morgan fingerprint density at radius 3 is 2.40 bits per heavy atom. The van der Waals surface area contributed by atoms with Crippen LogP contribution in [0, 0.1) is 13.8 Å². The van der Waals surface area contributed by atoms with Crippen molar-refractivity contribution in [1.82, 2.24) is 10.2 Å². The highest BCUT2D eigenvalue weighted by molar-refractivity contribution is 6.32. The Morgan fingerprint density at radius 2 is 1.80 bits per heavy atom. The third-order valence-electron chi connectivity index (χ3n) is 4.73. The van der Waals surface area contributed by atoms with Gasteiger partial charge in [0.2, 0.25) is 5.91 Å². The molecular weight excluding hydrogens is 423 g/mol. The number of carbonyl (C=O) groups excluding carboxylic acids is 2. The summed E-state index contributed by atoms with van der Waals surface area (Å²) in [5.41, 5.74) is 2.59. The number of halogens is 2. The van der Waals surface area contributed by atoms with Crippen molar-refractivity contribution < 1.29 is 14.3 Å². The van der Waals surface area contributed by atoms with Gasteiger partial charge in [0.25, 0.3) is 5.91 Å². The Hall–Kier alpha value is -2.24. The van der Waals surface area contributed by atoms with Crippen LogP contribution in [0.3, 0.4) is 0 Å². The van der Waals surface area contributed by atoms with Crippen LogP contribution in [0.4, 0.5) is 0 Å². The zero-order chi connectivity index (χ0) is 22.3. The SMILES string of the molecule is CCCNC(=O)[C@H](C)N(Cc1cccc(Cl)c1)C(=O)COc1cc(C)c(Cl)c(C)c1. The number of aryl methyl sites for hydroxylation is 2. The van der Waals surface area contributed by atoms with E-state index in [1.165, 1.54) is 4.90 Å². The number of hydrogen-bond donors (Lipinski definition) is 1. The molecule has 2 amide bonds. The van der Waals surface area contributed by atoms with E-state index in [9.17, 15) is 9.59 Å². The van der Waals surface area contributed by atoms with E-state index in [2.05, 4.69) is 5.32 Å². The number of hydrogen-bond acceptors (Lipinski definition) is 3. The fraction of sp³-hybridized carbons (Fsp3) is 0.391. The molecule has 1 N–H and O–H groups in total. The summed E-state index contributed by atoms with van der Waals surface area (Å²) >= 11 is 12.3. The zero-order valence-electron chi connectivity index (χ0n) is 17.8. The third-order valence-corrected chi connectivity index (χ3v) is 5.56. The minimum atomic E-state index is -0.652. The molecule has 162 valence electrons. The predicted octanol–water partition coefficient (Wildman–Crippen LogP) is 4.93. The maximum absolute atomic E-state index is 13.0. The van der Waals surface area contributed by atoms with Gasteiger partial charge in [0.15, 0.2) is 6.61 Å². The van der Waals surface area contributed by atoms with Crippen molar-refractivity contribution in [2.75, 3.05) is 13.2 Å². The lowest BCUT2D eigenvalue weighted by Gasteiger charge is -2.29. The highest BCUT2D eigenvalue weighted by Crippen LogP contribution is 2.26. The van der Waals surface area contributed by atoms with E-state index in [4.69, 9.17) is 27.9 Å². The molecule has 0 unspecified atom stereocenters. The van der Waals surface area contributed by atoms with Crippen molar-refractivity contribution in [3.8, 4) is 5.75 Å². The number of rotatable bonds is 9. The lowest BCUT2D eigenvalue weighted by molar-refractivity contribution is -0.142. The fourth-order valence-electron chi connectivity index (χ4n) is 3.03. The van der Waals surface area contributed by atoms with E-state index in [-0.39, 0.29) is 25.0 Å². The molecule has 0 aliphatic heterocycles. The number of ether oxygens (including phenoxy) is 1. The van der Waals surface area contributed by atoms with Gasteiger partial charge < -0.3 is 15.0 Å². The van der Waals surface area contributed by atoms with Crippen LogP contribution < -0.4 is 10.1 Å². The topological polar surface area (TPSA) is 58.6 Å². The van der Waals surface area contributed by atoms with Crippen LogP contribution in [-0.2, 0) is 16.1 Å². The summed E-state index contributed by atoms with van der Waals surface area (Å²) in [6.45, 7) is 8.08. The molecule has 0 fully saturated rings. The highest BCUT2D eigenvalue weighted by Gasteiger charge is 2.26. The molecule has 0 aliphatic rings. The first-order valence-corrected chi connectivity index (χ1v) is 10.7. The Balaban J connectivity index is 2.17. The van der Waals surface area contributed by atoms with Gasteiger partial charge in [0.05, 0.1) is 0 Å². The zero-order valence-corrected chi connectivity index (χ0v) is 19.3. The van der Waals surface area contributed by atoms with Crippen LogP contribution in [0.15, 0.2) is 36.4 Å². The molecule has 2 rings (SSSR count). The van der Waals surface area contributed by atoms with Gasteiger partial charge >= 0.3 is 0 Å². The number of nitrogens with zero attached hydrogens (tertiary/aromatic N) is 1. The van der Waals surface area contributed by atoms with Gasteiger partial charge in [-0.1, -0.05) is 42.3 Å². The summed E-state index contributed by atoms with van der Waals surface area (Å²) in [5.74, 6) is 0.0679. The van der Waals surface area contributed by atoms with Crippen LogP contribution in [0.2, 0.25) is 10.0 Å². The third kappa shape index (κ3) is 6.64. The lowest BCUT2D eigenvalue weighted by atomic mass is 10.1. The molecule has 2 aromatic carbocycles. The fourth-order valence-corrected chi connectivity index (χ4v) is 3.35. The summed E-state index contributed by atoms with van der Waals surface area (Å²) in [6, 6.07) is 10.2. The molecule has 0 spiro atoms. The first-order chi connectivity index (χ1) is 14.2. The van der Waals surface area contributed by atoms with Crippen LogP contribution in [-0.4, -0.2) is 35.9 Å². The Morgan fingerprint density at radius 1 is 1.13 bits per heavy atom. The quantitative estimate of drug-likeness (QED) is 0.588. The molecule has 1 atom stereocenters. The Labute approximate surface area is 188 Å². The lowest BCUT2D eigenvalue weighted by Crippen LogP contribution is -2.49. The maximum atomic E-state index is 13.0. The summed E-state index contributed by atoms with van der Waals surface area (Å²) < 4.78 is 5.73. The van der Waals surface area contributed by atoms with Crippen molar-refractivity contribution in [3.05, 3.63) is 63.1 Å². The molecule has 0 bridgehead atoms. The van der Waals surface area contributed by atoms with Crippen LogP contribution in [0.1, 0.15) is 37.0 Å². The number of amides is 2. The predicted molar refractivity (Wildman–Crippen MR) is 121 cm³/mol. The molecule has 0 heterocycles. The molecule has 0 aliphatic carbocycles. The smallest absolute Gasteiger partial charge is 0.261 e. The van der Waals surface area contributed by atoms with Crippen LogP contribution in [0.5, 0.6) is 5.75 Å². The monoisotopic (exact) mass is 450 g/mol. The summed E-state index contributed by atoms with van der Waals surface area (Å²) in [7, 11) is 0. The van der Waals surface area contributed by atoms with Gasteiger partial charge in [-0.05, 0) is 68.1 Å². The first kappa shape index (κ1) is 24.0. The van der Waals surface area contributed by atoms with Gasteiger partial charge in [-0.3, -0.25) is 9.59 Å². The van der Waals surface area contributed by atoms with E-state index in [1.807, 2.05) is 32.9 Å². The molecular formula is C23H28Cl2N2O3. The first-order valence-electron chi connectivity index (χ1n) is 9.94. The molecule has 0 saturated heterocycles. The summed E-state index contributed by atoms with van der Waals surface area (Å²) in [4.78, 5) is 27.0. The second-order valence-corrected chi connectivity index (χ2v) is 8.09. The van der Waals surface area contributed by atoms with E-state index < -0.39 is 6.04 Å². The van der Waals surface area contributed by atoms with Gasteiger partial charge in [0.1, 0.15) is 11.8 Å². The van der Waals surface area contributed by atoms with Crippen LogP contribution >= 0.6 is 23.2 Å². The average Bonchev–Trinajstić information content (AvgIpc) is 2.71. The number of nitrogens with one attached hydrogen (secondary N) is 1.